The van der Waals surface area contributed by atoms with Crippen molar-refractivity contribution in [2.75, 3.05) is 26.1 Å². The van der Waals surface area contributed by atoms with Crippen molar-refractivity contribution in [1.82, 2.24) is 10.1 Å². The number of nitrogen functional groups attached to an aromatic ring is 1. The first-order chi connectivity index (χ1) is 10.1. The van der Waals surface area contributed by atoms with Gasteiger partial charge in [-0.2, -0.15) is 4.98 Å². The van der Waals surface area contributed by atoms with E-state index in [0.29, 0.717) is 43.3 Å². The molecule has 1 aliphatic rings. The van der Waals surface area contributed by atoms with E-state index in [1.807, 2.05) is 0 Å². The maximum atomic E-state index is 13.2. The number of halogens is 1. The van der Waals surface area contributed by atoms with Gasteiger partial charge in [-0.15, -0.1) is 0 Å². The van der Waals surface area contributed by atoms with E-state index < -0.39 is 11.4 Å². The molecule has 1 aliphatic heterocycles. The van der Waals surface area contributed by atoms with Crippen LogP contribution < -0.4 is 5.73 Å². The average molecular weight is 293 g/mol. The van der Waals surface area contributed by atoms with Crippen LogP contribution in [0.25, 0.3) is 11.5 Å². The van der Waals surface area contributed by atoms with Crippen LogP contribution in [0.15, 0.2) is 22.7 Å². The lowest BCUT2D eigenvalue weighted by molar-refractivity contribution is -0.101. The highest BCUT2D eigenvalue weighted by molar-refractivity contribution is 5.60. The summed E-state index contributed by atoms with van der Waals surface area (Å²) in [6.45, 7) is 1.17. The van der Waals surface area contributed by atoms with Gasteiger partial charge in [0.2, 0.25) is 5.82 Å². The highest BCUT2D eigenvalue weighted by Gasteiger charge is 2.39. The summed E-state index contributed by atoms with van der Waals surface area (Å²) < 4.78 is 29.4. The first-order valence-electron chi connectivity index (χ1n) is 6.67. The summed E-state index contributed by atoms with van der Waals surface area (Å²) in [5.41, 5.74) is 5.58. The average Bonchev–Trinajstić information content (AvgIpc) is 3.01. The van der Waals surface area contributed by atoms with E-state index in [4.69, 9.17) is 19.7 Å². The molecule has 1 aromatic heterocycles. The van der Waals surface area contributed by atoms with Gasteiger partial charge in [-0.25, -0.2) is 4.39 Å². The van der Waals surface area contributed by atoms with E-state index in [1.165, 1.54) is 12.1 Å². The van der Waals surface area contributed by atoms with Crippen molar-refractivity contribution in [3.63, 3.8) is 0 Å². The molecule has 0 aliphatic carbocycles. The summed E-state index contributed by atoms with van der Waals surface area (Å²) in [6, 6.07) is 4.29. The molecule has 0 atom stereocenters. The van der Waals surface area contributed by atoms with Gasteiger partial charge in [-0.1, -0.05) is 5.16 Å². The molecule has 0 radical (unpaired) electrons. The van der Waals surface area contributed by atoms with Crippen LogP contribution in [0.2, 0.25) is 0 Å². The minimum Gasteiger partial charge on any atom is -0.396 e. The lowest BCUT2D eigenvalue weighted by Gasteiger charge is -2.32. The Bertz CT molecular complexity index is 638. The van der Waals surface area contributed by atoms with Gasteiger partial charge in [0, 0.05) is 38.7 Å². The van der Waals surface area contributed by atoms with Gasteiger partial charge in [-0.3, -0.25) is 0 Å². The standard InChI is InChI=1S/C14H16FN3O3/c1-19-14(4-6-20-7-5-14)13-17-12(21-18-13)9-2-3-10(15)11(16)8-9/h2-3,8H,4-7,16H2,1H3. The molecule has 2 heterocycles. The summed E-state index contributed by atoms with van der Waals surface area (Å²) in [5.74, 6) is 0.294. The number of nitrogens with two attached hydrogens (primary N) is 1. The highest BCUT2D eigenvalue weighted by atomic mass is 19.1. The quantitative estimate of drug-likeness (QED) is 0.873. The number of nitrogens with zero attached hydrogens (tertiary/aromatic N) is 2. The monoisotopic (exact) mass is 293 g/mol. The van der Waals surface area contributed by atoms with Crippen LogP contribution in [0.3, 0.4) is 0 Å². The predicted molar refractivity (Wildman–Crippen MR) is 72.8 cm³/mol. The van der Waals surface area contributed by atoms with E-state index in [2.05, 4.69) is 10.1 Å². The fraction of sp³-hybridized carbons (Fsp3) is 0.429. The Balaban J connectivity index is 1.93. The number of hydrogen-bond donors (Lipinski definition) is 1. The van der Waals surface area contributed by atoms with Gasteiger partial charge >= 0.3 is 0 Å². The number of aromatic nitrogens is 2. The van der Waals surface area contributed by atoms with E-state index in [-0.39, 0.29) is 5.69 Å². The molecule has 2 N–H and O–H groups in total. The van der Waals surface area contributed by atoms with Crippen LogP contribution >= 0.6 is 0 Å². The summed E-state index contributed by atoms with van der Waals surface area (Å²) in [6.07, 6.45) is 1.32. The lowest BCUT2D eigenvalue weighted by Crippen LogP contribution is -2.36. The van der Waals surface area contributed by atoms with Gasteiger partial charge in [0.15, 0.2) is 0 Å². The van der Waals surface area contributed by atoms with E-state index in [0.717, 1.165) is 0 Å². The van der Waals surface area contributed by atoms with Gasteiger partial charge in [0.05, 0.1) is 5.69 Å². The van der Waals surface area contributed by atoms with Gasteiger partial charge in [0.1, 0.15) is 11.4 Å². The Labute approximate surface area is 121 Å². The van der Waals surface area contributed by atoms with Crippen molar-refractivity contribution in [2.45, 2.75) is 18.4 Å². The molecule has 0 bridgehead atoms. The van der Waals surface area contributed by atoms with Gasteiger partial charge in [0.25, 0.3) is 5.89 Å². The third-order valence-corrected chi connectivity index (χ3v) is 3.77. The van der Waals surface area contributed by atoms with Crippen LogP contribution in [0.1, 0.15) is 18.7 Å². The minimum absolute atomic E-state index is 0.0415. The van der Waals surface area contributed by atoms with Crippen LogP contribution in [-0.4, -0.2) is 30.5 Å². The van der Waals surface area contributed by atoms with Crippen LogP contribution in [0.4, 0.5) is 10.1 Å². The Hall–Kier alpha value is -1.99. The summed E-state index contributed by atoms with van der Waals surface area (Å²) in [4.78, 5) is 4.38. The minimum atomic E-state index is -0.592. The Kier molecular flexibility index (Phi) is 3.60. The zero-order valence-corrected chi connectivity index (χ0v) is 11.6. The van der Waals surface area contributed by atoms with Gasteiger partial charge in [-0.05, 0) is 18.2 Å². The molecule has 1 fully saturated rings. The molecule has 112 valence electrons. The Morgan fingerprint density at radius 2 is 2.10 bits per heavy atom. The molecule has 0 unspecified atom stereocenters. The molecule has 6 nitrogen and oxygen atoms in total. The Morgan fingerprint density at radius 1 is 1.33 bits per heavy atom. The van der Waals surface area contributed by atoms with E-state index >= 15 is 0 Å². The zero-order valence-electron chi connectivity index (χ0n) is 11.6. The lowest BCUT2D eigenvalue weighted by atomic mass is 9.93. The number of anilines is 1. The van der Waals surface area contributed by atoms with Crippen LogP contribution in [0, 0.1) is 5.82 Å². The predicted octanol–water partition coefficient (Wildman–Crippen LogP) is 2.11. The van der Waals surface area contributed by atoms with E-state index in [1.54, 1.807) is 13.2 Å². The van der Waals surface area contributed by atoms with Crippen LogP contribution in [-0.2, 0) is 15.1 Å². The normalized spacial score (nSPS) is 17.8. The molecule has 3 rings (SSSR count). The second-order valence-electron chi connectivity index (χ2n) is 4.97. The molecule has 21 heavy (non-hydrogen) atoms. The molecule has 0 amide bonds. The molecule has 0 saturated carbocycles. The highest BCUT2D eigenvalue weighted by Crippen LogP contribution is 2.34. The number of methoxy groups -OCH3 is 1. The third kappa shape index (κ3) is 2.50. The zero-order chi connectivity index (χ0) is 14.9. The first kappa shape index (κ1) is 14.0. The number of benzene rings is 1. The summed E-state index contributed by atoms with van der Waals surface area (Å²) in [7, 11) is 1.62. The fourth-order valence-electron chi connectivity index (χ4n) is 2.42. The maximum absolute atomic E-state index is 13.2. The fourth-order valence-corrected chi connectivity index (χ4v) is 2.42. The second kappa shape index (κ2) is 5.42. The van der Waals surface area contributed by atoms with Crippen molar-refractivity contribution in [1.29, 1.82) is 0 Å². The molecular weight excluding hydrogens is 277 g/mol. The number of rotatable bonds is 3. The van der Waals surface area contributed by atoms with Crippen LogP contribution in [0.5, 0.6) is 0 Å². The molecule has 7 heteroatoms. The topological polar surface area (TPSA) is 83.4 Å². The molecule has 1 saturated heterocycles. The van der Waals surface area contributed by atoms with Crippen molar-refractivity contribution in [3.05, 3.63) is 29.8 Å². The SMILES string of the molecule is COC1(c2noc(-c3ccc(F)c(N)c3)n2)CCOCC1. The maximum Gasteiger partial charge on any atom is 0.258 e. The Morgan fingerprint density at radius 3 is 2.76 bits per heavy atom. The number of ether oxygens (including phenoxy) is 2. The van der Waals surface area contributed by atoms with Crippen molar-refractivity contribution in [2.24, 2.45) is 0 Å². The third-order valence-electron chi connectivity index (χ3n) is 3.77. The number of hydrogen-bond acceptors (Lipinski definition) is 6. The molecule has 2 aromatic rings. The van der Waals surface area contributed by atoms with Gasteiger partial charge < -0.3 is 19.7 Å². The first-order valence-corrected chi connectivity index (χ1v) is 6.67. The van der Waals surface area contributed by atoms with Crippen molar-refractivity contribution < 1.29 is 18.4 Å². The summed E-state index contributed by atoms with van der Waals surface area (Å²) >= 11 is 0. The summed E-state index contributed by atoms with van der Waals surface area (Å²) in [5, 5.41) is 4.01. The largest absolute Gasteiger partial charge is 0.396 e. The molecule has 1 aromatic carbocycles. The van der Waals surface area contributed by atoms with Crippen molar-refractivity contribution in [3.8, 4) is 11.5 Å². The molecular formula is C14H16FN3O3. The van der Waals surface area contributed by atoms with Crippen molar-refractivity contribution >= 4 is 5.69 Å². The van der Waals surface area contributed by atoms with E-state index in [9.17, 15) is 4.39 Å². The molecule has 0 spiro atoms. The smallest absolute Gasteiger partial charge is 0.258 e. The second-order valence-corrected chi connectivity index (χ2v) is 4.97.